The molecule has 2 aromatic carbocycles. The summed E-state index contributed by atoms with van der Waals surface area (Å²) in [7, 11) is 0. The molecule has 3 heteroatoms. The fourth-order valence-electron chi connectivity index (χ4n) is 2.16. The summed E-state index contributed by atoms with van der Waals surface area (Å²) in [6.07, 6.45) is 1.10. The van der Waals surface area contributed by atoms with Crippen molar-refractivity contribution in [2.75, 3.05) is 5.32 Å². The summed E-state index contributed by atoms with van der Waals surface area (Å²) in [6.45, 7) is 4.36. The number of rotatable bonds is 5. The van der Waals surface area contributed by atoms with Crippen LogP contribution in [-0.4, -0.2) is 5.91 Å². The van der Waals surface area contributed by atoms with E-state index in [0.717, 1.165) is 17.7 Å². The summed E-state index contributed by atoms with van der Waals surface area (Å²) in [5.74, 6) is 0.332. The van der Waals surface area contributed by atoms with Crippen LogP contribution in [0, 0.1) is 0 Å². The van der Waals surface area contributed by atoms with Crippen LogP contribution in [0.15, 0.2) is 54.6 Å². The van der Waals surface area contributed by atoms with Crippen molar-refractivity contribution >= 4 is 11.6 Å². The summed E-state index contributed by atoms with van der Waals surface area (Å²) in [5, 5.41) is 2.86. The first-order chi connectivity index (χ1) is 10.1. The van der Waals surface area contributed by atoms with E-state index in [-0.39, 0.29) is 5.91 Å². The Kier molecular flexibility index (Phi) is 5.12. The normalized spacial score (nSPS) is 13.5. The van der Waals surface area contributed by atoms with Crippen LogP contribution in [0.5, 0.6) is 0 Å². The molecule has 0 saturated heterocycles. The molecule has 2 atom stereocenters. The SMILES string of the molecule is CCC(C)c1ccc(NC(=O)C(N)c2ccccc2)cc1. The second-order valence-electron chi connectivity index (χ2n) is 5.31. The van der Waals surface area contributed by atoms with Crippen molar-refractivity contribution < 1.29 is 4.79 Å². The lowest BCUT2D eigenvalue weighted by Gasteiger charge is -2.14. The highest BCUT2D eigenvalue weighted by atomic mass is 16.2. The summed E-state index contributed by atoms with van der Waals surface area (Å²) < 4.78 is 0. The Morgan fingerprint density at radius 2 is 1.67 bits per heavy atom. The van der Waals surface area contributed by atoms with Gasteiger partial charge in [-0.15, -0.1) is 0 Å². The maximum Gasteiger partial charge on any atom is 0.245 e. The molecule has 0 spiro atoms. The summed E-state index contributed by atoms with van der Waals surface area (Å²) in [4.78, 5) is 12.2. The third-order valence-electron chi connectivity index (χ3n) is 3.80. The lowest BCUT2D eigenvalue weighted by molar-refractivity contribution is -0.117. The molecule has 0 heterocycles. The van der Waals surface area contributed by atoms with Gasteiger partial charge in [-0.3, -0.25) is 4.79 Å². The Hall–Kier alpha value is -2.13. The van der Waals surface area contributed by atoms with Crippen LogP contribution >= 0.6 is 0 Å². The van der Waals surface area contributed by atoms with Gasteiger partial charge in [-0.05, 0) is 35.6 Å². The monoisotopic (exact) mass is 282 g/mol. The smallest absolute Gasteiger partial charge is 0.245 e. The van der Waals surface area contributed by atoms with Crippen LogP contribution in [0.2, 0.25) is 0 Å². The molecule has 0 saturated carbocycles. The van der Waals surface area contributed by atoms with E-state index in [9.17, 15) is 4.79 Å². The van der Waals surface area contributed by atoms with Crippen molar-refractivity contribution in [3.05, 3.63) is 65.7 Å². The fourth-order valence-corrected chi connectivity index (χ4v) is 2.16. The molecule has 21 heavy (non-hydrogen) atoms. The summed E-state index contributed by atoms with van der Waals surface area (Å²) in [6, 6.07) is 16.7. The zero-order chi connectivity index (χ0) is 15.2. The second kappa shape index (κ2) is 7.04. The molecule has 2 unspecified atom stereocenters. The number of carbonyl (C=O) groups excluding carboxylic acids is 1. The highest BCUT2D eigenvalue weighted by molar-refractivity contribution is 5.95. The third-order valence-corrected chi connectivity index (χ3v) is 3.80. The van der Waals surface area contributed by atoms with Crippen LogP contribution in [0.3, 0.4) is 0 Å². The zero-order valence-electron chi connectivity index (χ0n) is 12.5. The molecule has 0 aliphatic carbocycles. The van der Waals surface area contributed by atoms with Gasteiger partial charge in [-0.25, -0.2) is 0 Å². The van der Waals surface area contributed by atoms with Crippen molar-refractivity contribution in [2.24, 2.45) is 5.73 Å². The molecule has 2 aromatic rings. The van der Waals surface area contributed by atoms with Crippen molar-refractivity contribution in [1.82, 2.24) is 0 Å². The predicted octanol–water partition coefficient (Wildman–Crippen LogP) is 3.84. The highest BCUT2D eigenvalue weighted by Gasteiger charge is 2.15. The van der Waals surface area contributed by atoms with Gasteiger partial charge in [-0.1, -0.05) is 56.3 Å². The van der Waals surface area contributed by atoms with Gasteiger partial charge >= 0.3 is 0 Å². The van der Waals surface area contributed by atoms with Crippen molar-refractivity contribution in [1.29, 1.82) is 0 Å². The number of amides is 1. The van der Waals surface area contributed by atoms with Gasteiger partial charge in [0.1, 0.15) is 6.04 Å². The number of carbonyl (C=O) groups is 1. The van der Waals surface area contributed by atoms with Gasteiger partial charge in [0, 0.05) is 5.69 Å². The van der Waals surface area contributed by atoms with Crippen LogP contribution in [0.25, 0.3) is 0 Å². The molecule has 3 nitrogen and oxygen atoms in total. The first-order valence-corrected chi connectivity index (χ1v) is 7.33. The van der Waals surface area contributed by atoms with E-state index >= 15 is 0 Å². The maximum absolute atomic E-state index is 12.2. The largest absolute Gasteiger partial charge is 0.324 e. The Balaban J connectivity index is 2.03. The molecule has 0 bridgehead atoms. The molecule has 0 aromatic heterocycles. The van der Waals surface area contributed by atoms with Gasteiger partial charge < -0.3 is 11.1 Å². The Labute approximate surface area is 126 Å². The van der Waals surface area contributed by atoms with E-state index in [1.54, 1.807) is 0 Å². The van der Waals surface area contributed by atoms with Crippen molar-refractivity contribution in [3.8, 4) is 0 Å². The number of nitrogens with two attached hydrogens (primary N) is 1. The predicted molar refractivity (Wildman–Crippen MR) is 87.1 cm³/mol. The lowest BCUT2D eigenvalue weighted by Crippen LogP contribution is -2.27. The van der Waals surface area contributed by atoms with Gasteiger partial charge in [0.05, 0.1) is 0 Å². The highest BCUT2D eigenvalue weighted by Crippen LogP contribution is 2.21. The van der Waals surface area contributed by atoms with Crippen LogP contribution in [0.4, 0.5) is 5.69 Å². The number of anilines is 1. The first kappa shape index (κ1) is 15.3. The van der Waals surface area contributed by atoms with Gasteiger partial charge in [0.2, 0.25) is 5.91 Å². The van der Waals surface area contributed by atoms with Gasteiger partial charge in [-0.2, -0.15) is 0 Å². The van der Waals surface area contributed by atoms with E-state index in [1.807, 2.05) is 42.5 Å². The lowest BCUT2D eigenvalue weighted by atomic mass is 9.98. The minimum absolute atomic E-state index is 0.197. The number of hydrogen-bond acceptors (Lipinski definition) is 2. The van der Waals surface area contributed by atoms with E-state index in [4.69, 9.17) is 5.73 Å². The molecule has 0 aliphatic heterocycles. The standard InChI is InChI=1S/C18H22N2O/c1-3-13(2)14-9-11-16(12-10-14)20-18(21)17(19)15-7-5-4-6-8-15/h4-13,17H,3,19H2,1-2H3,(H,20,21). The Morgan fingerprint density at radius 3 is 2.24 bits per heavy atom. The van der Waals surface area contributed by atoms with E-state index in [2.05, 4.69) is 31.3 Å². The van der Waals surface area contributed by atoms with Crippen molar-refractivity contribution in [3.63, 3.8) is 0 Å². The maximum atomic E-state index is 12.2. The molecule has 0 aliphatic rings. The van der Waals surface area contributed by atoms with E-state index in [0.29, 0.717) is 5.92 Å². The molecule has 2 rings (SSSR count). The Bertz CT molecular complexity index is 578. The average molecular weight is 282 g/mol. The summed E-state index contributed by atoms with van der Waals surface area (Å²) in [5.41, 5.74) is 8.84. The minimum Gasteiger partial charge on any atom is -0.324 e. The van der Waals surface area contributed by atoms with Crippen LogP contribution in [-0.2, 0) is 4.79 Å². The molecule has 1 amide bonds. The number of nitrogens with one attached hydrogen (secondary N) is 1. The molecule has 3 N–H and O–H groups in total. The molecule has 0 fully saturated rings. The molecule has 110 valence electrons. The van der Waals surface area contributed by atoms with E-state index in [1.165, 1.54) is 5.56 Å². The van der Waals surface area contributed by atoms with Crippen LogP contribution in [0.1, 0.15) is 43.4 Å². The third kappa shape index (κ3) is 3.92. The van der Waals surface area contributed by atoms with Gasteiger partial charge in [0.25, 0.3) is 0 Å². The van der Waals surface area contributed by atoms with Crippen molar-refractivity contribution in [2.45, 2.75) is 32.2 Å². The second-order valence-corrected chi connectivity index (χ2v) is 5.31. The fraction of sp³-hybridized carbons (Fsp3) is 0.278. The quantitative estimate of drug-likeness (QED) is 0.875. The van der Waals surface area contributed by atoms with Crippen LogP contribution < -0.4 is 11.1 Å². The average Bonchev–Trinajstić information content (AvgIpc) is 2.55. The number of benzene rings is 2. The minimum atomic E-state index is -0.652. The molecular weight excluding hydrogens is 260 g/mol. The first-order valence-electron chi connectivity index (χ1n) is 7.33. The van der Waals surface area contributed by atoms with Gasteiger partial charge in [0.15, 0.2) is 0 Å². The molecular formula is C18H22N2O. The van der Waals surface area contributed by atoms with E-state index < -0.39 is 6.04 Å². The zero-order valence-corrected chi connectivity index (χ0v) is 12.5. The number of hydrogen-bond donors (Lipinski definition) is 2. The topological polar surface area (TPSA) is 55.1 Å². The molecule has 0 radical (unpaired) electrons. The summed E-state index contributed by atoms with van der Waals surface area (Å²) >= 11 is 0. The Morgan fingerprint density at radius 1 is 1.05 bits per heavy atom.